The summed E-state index contributed by atoms with van der Waals surface area (Å²) in [5, 5.41) is 0. The smallest absolute Gasteiger partial charge is 0.0704 e. The fourth-order valence-corrected chi connectivity index (χ4v) is 3.45. The van der Waals surface area contributed by atoms with Crippen molar-refractivity contribution in [2.75, 3.05) is 0 Å². The summed E-state index contributed by atoms with van der Waals surface area (Å²) < 4.78 is 1.20. The van der Waals surface area contributed by atoms with Crippen LogP contribution < -0.4 is 5.73 Å². The average Bonchev–Trinajstić information content (AvgIpc) is 2.77. The van der Waals surface area contributed by atoms with Crippen LogP contribution in [-0.2, 0) is 0 Å². The summed E-state index contributed by atoms with van der Waals surface area (Å²) in [6.45, 7) is 2.15. The molecule has 1 aromatic rings. The standard InChI is InChI=1S/C10H14BrNS/c1-6-8(5-10(11)13-6)9(12)4-7-2-3-7/h5,7,9H,2-4,12H2,1H3. The first-order valence-electron chi connectivity index (χ1n) is 4.68. The fraction of sp³-hybridized carbons (Fsp3) is 0.600. The van der Waals surface area contributed by atoms with Gasteiger partial charge in [0, 0.05) is 10.9 Å². The molecule has 13 heavy (non-hydrogen) atoms. The van der Waals surface area contributed by atoms with Crippen LogP contribution >= 0.6 is 27.3 Å². The minimum absolute atomic E-state index is 0.259. The van der Waals surface area contributed by atoms with E-state index in [0.717, 1.165) is 5.92 Å². The van der Waals surface area contributed by atoms with Gasteiger partial charge in [0.05, 0.1) is 3.79 Å². The lowest BCUT2D eigenvalue weighted by Gasteiger charge is -2.09. The second-order valence-corrected chi connectivity index (χ2v) is 6.48. The highest BCUT2D eigenvalue weighted by atomic mass is 79.9. The molecule has 0 aromatic carbocycles. The molecule has 1 nitrogen and oxygen atoms in total. The van der Waals surface area contributed by atoms with Crippen LogP contribution in [-0.4, -0.2) is 0 Å². The molecule has 2 rings (SSSR count). The first-order valence-corrected chi connectivity index (χ1v) is 6.29. The summed E-state index contributed by atoms with van der Waals surface area (Å²) in [6.07, 6.45) is 3.94. The lowest BCUT2D eigenvalue weighted by Crippen LogP contribution is -2.10. The van der Waals surface area contributed by atoms with Gasteiger partial charge in [0.25, 0.3) is 0 Å². The van der Waals surface area contributed by atoms with Gasteiger partial charge in [-0.3, -0.25) is 0 Å². The SMILES string of the molecule is Cc1sc(Br)cc1C(N)CC1CC1. The molecule has 1 heterocycles. The van der Waals surface area contributed by atoms with E-state index in [1.807, 2.05) is 0 Å². The second-order valence-electron chi connectivity index (χ2n) is 3.85. The Kier molecular flexibility index (Phi) is 2.77. The average molecular weight is 260 g/mol. The van der Waals surface area contributed by atoms with Crippen LogP contribution in [0.15, 0.2) is 9.85 Å². The predicted molar refractivity (Wildman–Crippen MR) is 61.0 cm³/mol. The Labute approximate surface area is 91.5 Å². The monoisotopic (exact) mass is 259 g/mol. The van der Waals surface area contributed by atoms with Crippen molar-refractivity contribution >= 4 is 27.3 Å². The first kappa shape index (κ1) is 9.69. The van der Waals surface area contributed by atoms with Gasteiger partial charge < -0.3 is 5.73 Å². The molecular weight excluding hydrogens is 246 g/mol. The topological polar surface area (TPSA) is 26.0 Å². The van der Waals surface area contributed by atoms with Gasteiger partial charge in [-0.15, -0.1) is 11.3 Å². The van der Waals surface area contributed by atoms with Crippen molar-refractivity contribution in [1.82, 2.24) is 0 Å². The Morgan fingerprint density at radius 1 is 1.69 bits per heavy atom. The Balaban J connectivity index is 2.08. The van der Waals surface area contributed by atoms with Crippen molar-refractivity contribution in [3.05, 3.63) is 20.3 Å². The van der Waals surface area contributed by atoms with Crippen LogP contribution in [0.4, 0.5) is 0 Å². The molecule has 72 valence electrons. The zero-order valence-electron chi connectivity index (χ0n) is 7.72. The van der Waals surface area contributed by atoms with E-state index < -0.39 is 0 Å². The Morgan fingerprint density at radius 3 is 2.85 bits per heavy atom. The summed E-state index contributed by atoms with van der Waals surface area (Å²) in [4.78, 5) is 1.36. The Bertz CT molecular complexity index is 304. The highest BCUT2D eigenvalue weighted by Crippen LogP contribution is 2.39. The summed E-state index contributed by atoms with van der Waals surface area (Å²) >= 11 is 5.28. The van der Waals surface area contributed by atoms with Gasteiger partial charge in [0.2, 0.25) is 0 Å². The van der Waals surface area contributed by atoms with Gasteiger partial charge in [-0.05, 0) is 46.8 Å². The minimum atomic E-state index is 0.259. The first-order chi connectivity index (χ1) is 6.16. The van der Waals surface area contributed by atoms with E-state index in [9.17, 15) is 0 Å². The van der Waals surface area contributed by atoms with Crippen molar-refractivity contribution in [2.45, 2.75) is 32.2 Å². The molecule has 0 saturated heterocycles. The van der Waals surface area contributed by atoms with Crippen molar-refractivity contribution in [3.63, 3.8) is 0 Å². The number of hydrogen-bond acceptors (Lipinski definition) is 2. The molecule has 1 aliphatic carbocycles. The van der Waals surface area contributed by atoms with Crippen LogP contribution in [0.3, 0.4) is 0 Å². The lowest BCUT2D eigenvalue weighted by atomic mass is 10.0. The maximum atomic E-state index is 6.14. The van der Waals surface area contributed by atoms with E-state index in [0.29, 0.717) is 0 Å². The van der Waals surface area contributed by atoms with E-state index >= 15 is 0 Å². The predicted octanol–water partition coefficient (Wildman–Crippen LogP) is 3.62. The number of hydrogen-bond donors (Lipinski definition) is 1. The van der Waals surface area contributed by atoms with Crippen LogP contribution in [0.1, 0.15) is 35.7 Å². The van der Waals surface area contributed by atoms with Crippen molar-refractivity contribution in [1.29, 1.82) is 0 Å². The summed E-state index contributed by atoms with van der Waals surface area (Å²) in [6, 6.07) is 2.43. The fourth-order valence-electron chi connectivity index (χ4n) is 1.67. The van der Waals surface area contributed by atoms with E-state index in [1.165, 1.54) is 33.5 Å². The zero-order chi connectivity index (χ0) is 9.42. The summed E-state index contributed by atoms with van der Waals surface area (Å²) in [7, 11) is 0. The molecule has 0 amide bonds. The zero-order valence-corrected chi connectivity index (χ0v) is 10.1. The third kappa shape index (κ3) is 2.33. The molecule has 3 heteroatoms. The lowest BCUT2D eigenvalue weighted by molar-refractivity contribution is 0.596. The van der Waals surface area contributed by atoms with Crippen molar-refractivity contribution in [3.8, 4) is 0 Å². The van der Waals surface area contributed by atoms with Gasteiger partial charge in [-0.2, -0.15) is 0 Å². The van der Waals surface area contributed by atoms with Gasteiger partial charge in [-0.25, -0.2) is 0 Å². The molecule has 2 N–H and O–H groups in total. The third-order valence-electron chi connectivity index (χ3n) is 2.61. The van der Waals surface area contributed by atoms with E-state index in [-0.39, 0.29) is 6.04 Å². The second kappa shape index (κ2) is 3.71. The largest absolute Gasteiger partial charge is 0.324 e. The highest BCUT2D eigenvalue weighted by molar-refractivity contribution is 9.11. The van der Waals surface area contributed by atoms with Crippen molar-refractivity contribution in [2.24, 2.45) is 11.7 Å². The summed E-state index contributed by atoms with van der Waals surface area (Å²) in [5.74, 6) is 0.910. The summed E-state index contributed by atoms with van der Waals surface area (Å²) in [5.41, 5.74) is 7.47. The van der Waals surface area contributed by atoms with Gasteiger partial charge >= 0.3 is 0 Å². The molecule has 0 bridgehead atoms. The number of rotatable bonds is 3. The molecule has 0 radical (unpaired) electrons. The Hall–Kier alpha value is 0.140. The van der Waals surface area contributed by atoms with Crippen LogP contribution in [0.25, 0.3) is 0 Å². The maximum Gasteiger partial charge on any atom is 0.0704 e. The molecule has 1 aromatic heterocycles. The van der Waals surface area contributed by atoms with Gasteiger partial charge in [0.15, 0.2) is 0 Å². The van der Waals surface area contributed by atoms with Crippen LogP contribution in [0, 0.1) is 12.8 Å². The molecule has 1 fully saturated rings. The van der Waals surface area contributed by atoms with Crippen LogP contribution in [0.2, 0.25) is 0 Å². The molecule has 0 spiro atoms. The third-order valence-corrected chi connectivity index (χ3v) is 4.18. The Morgan fingerprint density at radius 2 is 2.38 bits per heavy atom. The number of aryl methyl sites for hydroxylation is 1. The van der Waals surface area contributed by atoms with Crippen LogP contribution in [0.5, 0.6) is 0 Å². The van der Waals surface area contributed by atoms with E-state index in [2.05, 4.69) is 28.9 Å². The number of thiophene rings is 1. The van der Waals surface area contributed by atoms with Gasteiger partial charge in [-0.1, -0.05) is 12.8 Å². The van der Waals surface area contributed by atoms with E-state index in [4.69, 9.17) is 5.73 Å². The molecule has 1 atom stereocenters. The highest BCUT2D eigenvalue weighted by Gasteiger charge is 2.25. The number of nitrogens with two attached hydrogens (primary N) is 1. The minimum Gasteiger partial charge on any atom is -0.324 e. The van der Waals surface area contributed by atoms with Crippen molar-refractivity contribution < 1.29 is 0 Å². The molecular formula is C10H14BrNS. The molecule has 1 unspecified atom stereocenters. The normalized spacial score (nSPS) is 19.0. The molecule has 1 saturated carbocycles. The quantitative estimate of drug-likeness (QED) is 0.882. The molecule has 1 aliphatic rings. The number of halogens is 1. The molecule has 0 aliphatic heterocycles. The van der Waals surface area contributed by atoms with E-state index in [1.54, 1.807) is 11.3 Å². The maximum absolute atomic E-state index is 6.14. The van der Waals surface area contributed by atoms with Gasteiger partial charge in [0.1, 0.15) is 0 Å².